The average molecular weight is 381 g/mol. The van der Waals surface area contributed by atoms with E-state index >= 15 is 0 Å². The number of halogens is 2. The van der Waals surface area contributed by atoms with Crippen LogP contribution in [0.25, 0.3) is 0 Å². The van der Waals surface area contributed by atoms with E-state index in [1.165, 1.54) is 0 Å². The van der Waals surface area contributed by atoms with Gasteiger partial charge in [-0.1, -0.05) is 28.8 Å². The highest BCUT2D eigenvalue weighted by Crippen LogP contribution is 2.36. The maximum atomic E-state index is 12.7. The molecule has 6 heteroatoms. The molecule has 1 atom stereocenters. The molecule has 1 N–H and O–H groups in total. The SMILES string of the molecule is C/C(=C\C(=O)N1CCCC[C@H]1C(=O)Nc1ccc(Cl)cc1Cl)C1CC1. The number of piperidine rings is 1. The van der Waals surface area contributed by atoms with Crippen molar-refractivity contribution in [1.29, 1.82) is 0 Å². The molecule has 1 aromatic rings. The van der Waals surface area contributed by atoms with Gasteiger partial charge < -0.3 is 10.2 Å². The van der Waals surface area contributed by atoms with Gasteiger partial charge in [0.2, 0.25) is 11.8 Å². The molecule has 134 valence electrons. The van der Waals surface area contributed by atoms with E-state index in [0.29, 0.717) is 34.6 Å². The van der Waals surface area contributed by atoms with Crippen LogP contribution < -0.4 is 5.32 Å². The van der Waals surface area contributed by atoms with Crippen LogP contribution in [0.3, 0.4) is 0 Å². The van der Waals surface area contributed by atoms with Gasteiger partial charge in [0.15, 0.2) is 0 Å². The smallest absolute Gasteiger partial charge is 0.247 e. The summed E-state index contributed by atoms with van der Waals surface area (Å²) in [7, 11) is 0. The van der Waals surface area contributed by atoms with Gasteiger partial charge in [0.05, 0.1) is 10.7 Å². The van der Waals surface area contributed by atoms with Gasteiger partial charge in [-0.05, 0) is 63.1 Å². The molecule has 25 heavy (non-hydrogen) atoms. The Morgan fingerprint density at radius 3 is 2.64 bits per heavy atom. The van der Waals surface area contributed by atoms with Crippen molar-refractivity contribution in [2.75, 3.05) is 11.9 Å². The second-order valence-corrected chi connectivity index (χ2v) is 7.66. The van der Waals surface area contributed by atoms with Crippen molar-refractivity contribution >= 4 is 40.7 Å². The Labute approximate surface area is 158 Å². The molecule has 1 aliphatic carbocycles. The number of allylic oxidation sites excluding steroid dienone is 1. The number of anilines is 1. The molecular weight excluding hydrogens is 359 g/mol. The lowest BCUT2D eigenvalue weighted by molar-refractivity contribution is -0.136. The number of hydrogen-bond donors (Lipinski definition) is 1. The molecule has 2 aliphatic rings. The monoisotopic (exact) mass is 380 g/mol. The standard InChI is InChI=1S/C19H22Cl2N2O2/c1-12(13-5-6-13)10-18(24)23-9-3-2-4-17(23)19(25)22-16-8-7-14(20)11-15(16)21/h7-8,10-11,13,17H,2-6,9H2,1H3,(H,22,25)/b12-10+/t17-/m0/s1. The van der Waals surface area contributed by atoms with Crippen molar-refractivity contribution in [2.45, 2.75) is 45.1 Å². The summed E-state index contributed by atoms with van der Waals surface area (Å²) in [4.78, 5) is 27.1. The maximum Gasteiger partial charge on any atom is 0.247 e. The topological polar surface area (TPSA) is 49.4 Å². The Balaban J connectivity index is 1.72. The summed E-state index contributed by atoms with van der Waals surface area (Å²) in [5.74, 6) is 0.287. The molecule has 0 aromatic heterocycles. The first-order valence-electron chi connectivity index (χ1n) is 8.70. The lowest BCUT2D eigenvalue weighted by Gasteiger charge is -2.34. The third-order valence-corrected chi connectivity index (χ3v) is 5.40. The first kappa shape index (κ1) is 18.3. The normalized spacial score (nSPS) is 21.2. The van der Waals surface area contributed by atoms with Gasteiger partial charge >= 0.3 is 0 Å². The molecule has 0 unspecified atom stereocenters. The number of likely N-dealkylation sites (tertiary alicyclic amines) is 1. The van der Waals surface area contributed by atoms with Gasteiger partial charge in [-0.3, -0.25) is 9.59 Å². The van der Waals surface area contributed by atoms with E-state index in [1.807, 2.05) is 6.92 Å². The molecule has 1 aromatic carbocycles. The predicted molar refractivity (Wildman–Crippen MR) is 101 cm³/mol. The molecule has 1 heterocycles. The summed E-state index contributed by atoms with van der Waals surface area (Å²) >= 11 is 12.0. The number of benzene rings is 1. The Hall–Kier alpha value is -1.52. The number of nitrogens with one attached hydrogen (secondary N) is 1. The fourth-order valence-corrected chi connectivity index (χ4v) is 3.66. The van der Waals surface area contributed by atoms with Crippen LogP contribution in [-0.4, -0.2) is 29.3 Å². The molecule has 3 rings (SSSR count). The number of nitrogens with zero attached hydrogens (tertiary/aromatic N) is 1. The zero-order chi connectivity index (χ0) is 18.0. The Morgan fingerprint density at radius 2 is 1.96 bits per heavy atom. The van der Waals surface area contributed by atoms with Crippen LogP contribution in [0.5, 0.6) is 0 Å². The van der Waals surface area contributed by atoms with E-state index in [2.05, 4.69) is 5.32 Å². The van der Waals surface area contributed by atoms with Crippen molar-refractivity contribution in [3.8, 4) is 0 Å². The Morgan fingerprint density at radius 1 is 1.20 bits per heavy atom. The van der Waals surface area contributed by atoms with Crippen LogP contribution in [0.1, 0.15) is 39.0 Å². The van der Waals surface area contributed by atoms with Crippen LogP contribution in [-0.2, 0) is 9.59 Å². The number of rotatable bonds is 4. The highest BCUT2D eigenvalue weighted by molar-refractivity contribution is 6.36. The summed E-state index contributed by atoms with van der Waals surface area (Å²) in [6.45, 7) is 2.61. The van der Waals surface area contributed by atoms with E-state index in [1.54, 1.807) is 29.2 Å². The van der Waals surface area contributed by atoms with Crippen LogP contribution in [0.4, 0.5) is 5.69 Å². The van der Waals surface area contributed by atoms with Crippen LogP contribution in [0, 0.1) is 5.92 Å². The zero-order valence-corrected chi connectivity index (χ0v) is 15.7. The molecule has 4 nitrogen and oxygen atoms in total. The van der Waals surface area contributed by atoms with Crippen LogP contribution in [0.15, 0.2) is 29.8 Å². The molecule has 2 amide bonds. The van der Waals surface area contributed by atoms with Crippen LogP contribution >= 0.6 is 23.2 Å². The van der Waals surface area contributed by atoms with E-state index in [9.17, 15) is 9.59 Å². The van der Waals surface area contributed by atoms with E-state index in [4.69, 9.17) is 23.2 Å². The summed E-state index contributed by atoms with van der Waals surface area (Å²) in [5.41, 5.74) is 1.63. The number of amides is 2. The highest BCUT2D eigenvalue weighted by atomic mass is 35.5. The quantitative estimate of drug-likeness (QED) is 0.771. The van der Waals surface area contributed by atoms with Crippen molar-refractivity contribution in [3.05, 3.63) is 39.9 Å². The molecule has 0 spiro atoms. The van der Waals surface area contributed by atoms with Gasteiger partial charge in [-0.2, -0.15) is 0 Å². The fourth-order valence-electron chi connectivity index (χ4n) is 3.21. The Bertz CT molecular complexity index is 713. The highest BCUT2D eigenvalue weighted by Gasteiger charge is 2.32. The maximum absolute atomic E-state index is 12.7. The van der Waals surface area contributed by atoms with Gasteiger partial charge in [0.25, 0.3) is 0 Å². The minimum atomic E-state index is -0.462. The minimum Gasteiger partial charge on any atom is -0.327 e. The van der Waals surface area contributed by atoms with Gasteiger partial charge in [0.1, 0.15) is 6.04 Å². The van der Waals surface area contributed by atoms with Crippen LogP contribution in [0.2, 0.25) is 10.0 Å². The molecule has 1 aliphatic heterocycles. The largest absolute Gasteiger partial charge is 0.327 e. The predicted octanol–water partition coefficient (Wildman–Crippen LogP) is 4.67. The van der Waals surface area contributed by atoms with Crippen molar-refractivity contribution in [3.63, 3.8) is 0 Å². The molecule has 0 radical (unpaired) electrons. The van der Waals surface area contributed by atoms with E-state index < -0.39 is 6.04 Å². The second kappa shape index (κ2) is 7.79. The first-order valence-corrected chi connectivity index (χ1v) is 9.46. The van der Waals surface area contributed by atoms with E-state index in [0.717, 1.165) is 31.3 Å². The first-order chi connectivity index (χ1) is 12.0. The number of hydrogen-bond acceptors (Lipinski definition) is 2. The summed E-state index contributed by atoms with van der Waals surface area (Å²) in [6.07, 6.45) is 6.55. The molecule has 1 saturated heterocycles. The molecule has 1 saturated carbocycles. The van der Waals surface area contributed by atoms with Gasteiger partial charge in [-0.25, -0.2) is 0 Å². The summed E-state index contributed by atoms with van der Waals surface area (Å²) < 4.78 is 0. The molecular formula is C19H22Cl2N2O2. The third-order valence-electron chi connectivity index (χ3n) is 4.85. The lowest BCUT2D eigenvalue weighted by atomic mass is 10.0. The lowest BCUT2D eigenvalue weighted by Crippen LogP contribution is -2.49. The molecule has 0 bridgehead atoms. The summed E-state index contributed by atoms with van der Waals surface area (Å²) in [5, 5.41) is 3.74. The van der Waals surface area contributed by atoms with Gasteiger partial charge in [0, 0.05) is 17.6 Å². The second-order valence-electron chi connectivity index (χ2n) is 6.82. The van der Waals surface area contributed by atoms with Crippen molar-refractivity contribution in [1.82, 2.24) is 4.90 Å². The van der Waals surface area contributed by atoms with E-state index in [-0.39, 0.29) is 11.8 Å². The fraction of sp³-hybridized carbons (Fsp3) is 0.474. The van der Waals surface area contributed by atoms with Crippen molar-refractivity contribution in [2.24, 2.45) is 5.92 Å². The van der Waals surface area contributed by atoms with Gasteiger partial charge in [-0.15, -0.1) is 0 Å². The third kappa shape index (κ3) is 4.56. The Kier molecular flexibility index (Phi) is 5.70. The number of carbonyl (C=O) groups is 2. The zero-order valence-electron chi connectivity index (χ0n) is 14.2. The minimum absolute atomic E-state index is 0.0635. The molecule has 2 fully saturated rings. The summed E-state index contributed by atoms with van der Waals surface area (Å²) in [6, 6.07) is 4.48. The average Bonchev–Trinajstić information content (AvgIpc) is 3.42. The number of carbonyl (C=O) groups excluding carboxylic acids is 2. The van der Waals surface area contributed by atoms with Crippen molar-refractivity contribution < 1.29 is 9.59 Å².